The fourth-order valence-electron chi connectivity index (χ4n) is 12.9. The van der Waals surface area contributed by atoms with Crippen LogP contribution in [0, 0.1) is 0 Å². The second kappa shape index (κ2) is 17.7. The van der Waals surface area contributed by atoms with Crippen LogP contribution < -0.4 is 4.90 Å². The van der Waals surface area contributed by atoms with E-state index in [-0.39, 0.29) is 5.41 Å². The third-order valence-electron chi connectivity index (χ3n) is 16.6. The lowest BCUT2D eigenvalue weighted by Gasteiger charge is -2.28. The molecule has 0 radical (unpaired) electrons. The number of hydrogen-bond donors (Lipinski definition) is 0. The lowest BCUT2D eigenvalue weighted by Crippen LogP contribution is -2.16. The van der Waals surface area contributed by atoms with E-state index in [1.165, 1.54) is 121 Å². The smallest absolute Gasteiger partial charge is 0.0541 e. The first-order valence-corrected chi connectivity index (χ1v) is 26.8. The van der Waals surface area contributed by atoms with Gasteiger partial charge in [-0.3, -0.25) is 0 Å². The second-order valence-corrected chi connectivity index (χ2v) is 21.2. The van der Waals surface area contributed by atoms with Gasteiger partial charge in [0.15, 0.2) is 0 Å². The number of rotatable bonds is 8. The van der Waals surface area contributed by atoms with E-state index in [1.807, 2.05) is 0 Å². The topological polar surface area (TPSA) is 8.17 Å². The lowest BCUT2D eigenvalue weighted by atomic mass is 9.80. The minimum absolute atomic E-state index is 0.269. The molecule has 1 aliphatic carbocycles. The SMILES string of the molecule is CC1(C)c2cc(-c3c4ccccc4c(-c4cccc5ccccc45)c4ccccc34)ccc2-c2ccc(N(c3ccccc3)c3ccc(-n4c5ccc(-c6ccccc6)cc5c5cc(-c6ccccc6)ccc54)cc3)cc21. The normalized spacial score (nSPS) is 12.6. The van der Waals surface area contributed by atoms with E-state index >= 15 is 0 Å². The van der Waals surface area contributed by atoms with Crippen LogP contribution >= 0.6 is 0 Å². The summed E-state index contributed by atoms with van der Waals surface area (Å²) in [7, 11) is 0. The number of para-hydroxylation sites is 1. The Morgan fingerprint density at radius 2 is 0.740 bits per heavy atom. The van der Waals surface area contributed by atoms with Gasteiger partial charge in [-0.05, 0) is 178 Å². The molecule has 0 atom stereocenters. The molecule has 0 saturated heterocycles. The molecule has 0 aliphatic heterocycles. The van der Waals surface area contributed by atoms with E-state index in [4.69, 9.17) is 0 Å². The maximum Gasteiger partial charge on any atom is 0.0541 e. The van der Waals surface area contributed by atoms with E-state index in [2.05, 4.69) is 302 Å². The zero-order valence-corrected chi connectivity index (χ0v) is 43.0. The predicted molar refractivity (Wildman–Crippen MR) is 327 cm³/mol. The molecule has 0 fully saturated rings. The van der Waals surface area contributed by atoms with Crippen LogP contribution in [0.15, 0.2) is 279 Å². The minimum Gasteiger partial charge on any atom is -0.310 e. The molecule has 77 heavy (non-hydrogen) atoms. The van der Waals surface area contributed by atoms with Crippen molar-refractivity contribution in [2.45, 2.75) is 19.3 Å². The molecule has 0 bridgehead atoms. The van der Waals surface area contributed by atoms with Gasteiger partial charge in [-0.1, -0.05) is 214 Å². The largest absolute Gasteiger partial charge is 0.310 e. The quantitative estimate of drug-likeness (QED) is 0.138. The van der Waals surface area contributed by atoms with Gasteiger partial charge in [-0.2, -0.15) is 0 Å². The molecule has 0 N–H and O–H groups in total. The molecule has 0 spiro atoms. The molecule has 0 saturated carbocycles. The average molecular weight is 981 g/mol. The van der Waals surface area contributed by atoms with Gasteiger partial charge in [0.05, 0.1) is 11.0 Å². The molecule has 2 heteroatoms. The van der Waals surface area contributed by atoms with Crippen LogP contribution in [0.1, 0.15) is 25.0 Å². The zero-order valence-electron chi connectivity index (χ0n) is 43.0. The Morgan fingerprint density at radius 1 is 0.286 bits per heavy atom. The number of aromatic nitrogens is 1. The van der Waals surface area contributed by atoms with Gasteiger partial charge in [0.25, 0.3) is 0 Å². The molecule has 15 rings (SSSR count). The Labute approximate surface area is 449 Å². The van der Waals surface area contributed by atoms with Crippen molar-refractivity contribution in [1.29, 1.82) is 0 Å². The van der Waals surface area contributed by atoms with Crippen LogP contribution in [0.3, 0.4) is 0 Å². The Hall–Kier alpha value is -9.76. The highest BCUT2D eigenvalue weighted by molar-refractivity contribution is 6.23. The van der Waals surface area contributed by atoms with Gasteiger partial charge in [0.1, 0.15) is 0 Å². The number of hydrogen-bond acceptors (Lipinski definition) is 1. The van der Waals surface area contributed by atoms with Gasteiger partial charge >= 0.3 is 0 Å². The van der Waals surface area contributed by atoms with Crippen LogP contribution in [0.5, 0.6) is 0 Å². The van der Waals surface area contributed by atoms with Gasteiger partial charge in [0, 0.05) is 38.9 Å². The van der Waals surface area contributed by atoms with Crippen LogP contribution in [-0.4, -0.2) is 4.57 Å². The molecule has 2 nitrogen and oxygen atoms in total. The maximum atomic E-state index is 2.49. The van der Waals surface area contributed by atoms with Crippen LogP contribution in [0.25, 0.3) is 115 Å². The summed E-state index contributed by atoms with van der Waals surface area (Å²) >= 11 is 0. The highest BCUT2D eigenvalue weighted by atomic mass is 15.1. The molecule has 1 heterocycles. The Kier molecular flexibility index (Phi) is 10.3. The zero-order chi connectivity index (χ0) is 51.2. The van der Waals surface area contributed by atoms with Crippen molar-refractivity contribution >= 4 is 71.2 Å². The summed E-state index contributed by atoms with van der Waals surface area (Å²) in [4.78, 5) is 2.41. The van der Waals surface area contributed by atoms with Crippen molar-refractivity contribution in [3.05, 3.63) is 290 Å². The number of fused-ring (bicyclic) bond motifs is 9. The van der Waals surface area contributed by atoms with E-state index in [0.29, 0.717) is 0 Å². The third kappa shape index (κ3) is 7.17. The molecule has 1 aliphatic rings. The second-order valence-electron chi connectivity index (χ2n) is 21.2. The van der Waals surface area contributed by atoms with Crippen molar-refractivity contribution in [2.75, 3.05) is 4.90 Å². The maximum absolute atomic E-state index is 2.49. The standard InChI is InChI=1S/C75H52N2/c1-75(2)69-47-54(73-63-28-14-16-30-65(63)74(66-31-17-15-29-64(66)73)62-32-18-24-51-23-12-13-27-59(51)62)33-41-60(69)61-42-40-58(48-70(61)75)76(55-25-10-5-11-26-55)56-36-38-57(39-37-56)77-71-43-34-52(49-19-6-3-7-20-49)45-67(71)68-46-53(35-44-72(68)77)50-21-8-4-9-22-50/h3-48H,1-2H3. The summed E-state index contributed by atoms with van der Waals surface area (Å²) in [6, 6.07) is 103. The van der Waals surface area contributed by atoms with Crippen molar-refractivity contribution < 1.29 is 0 Å². The molecular weight excluding hydrogens is 929 g/mol. The number of benzene rings is 13. The lowest BCUT2D eigenvalue weighted by molar-refractivity contribution is 0.660. The van der Waals surface area contributed by atoms with Crippen molar-refractivity contribution in [3.8, 4) is 61.3 Å². The summed E-state index contributed by atoms with van der Waals surface area (Å²) in [6.07, 6.45) is 0. The first-order valence-electron chi connectivity index (χ1n) is 26.8. The molecule has 1 aromatic heterocycles. The van der Waals surface area contributed by atoms with E-state index in [1.54, 1.807) is 0 Å². The predicted octanol–water partition coefficient (Wildman–Crippen LogP) is 20.7. The summed E-state index contributed by atoms with van der Waals surface area (Å²) in [5.41, 5.74) is 21.7. The van der Waals surface area contributed by atoms with Crippen LogP contribution in [0.2, 0.25) is 0 Å². The van der Waals surface area contributed by atoms with E-state index in [0.717, 1.165) is 22.7 Å². The highest BCUT2D eigenvalue weighted by Gasteiger charge is 2.37. The van der Waals surface area contributed by atoms with Crippen molar-refractivity contribution in [2.24, 2.45) is 0 Å². The van der Waals surface area contributed by atoms with Crippen molar-refractivity contribution in [3.63, 3.8) is 0 Å². The molecule has 362 valence electrons. The molecule has 0 amide bonds. The molecule has 13 aromatic carbocycles. The Bertz CT molecular complexity index is 4470. The summed E-state index contributed by atoms with van der Waals surface area (Å²) in [6.45, 7) is 4.81. The first-order chi connectivity index (χ1) is 38.0. The van der Waals surface area contributed by atoms with Crippen LogP contribution in [0.4, 0.5) is 17.1 Å². The van der Waals surface area contributed by atoms with Gasteiger partial charge < -0.3 is 9.47 Å². The van der Waals surface area contributed by atoms with Gasteiger partial charge in [-0.25, -0.2) is 0 Å². The average Bonchev–Trinajstić information content (AvgIpc) is 4.22. The van der Waals surface area contributed by atoms with Gasteiger partial charge in [-0.15, -0.1) is 0 Å². The number of anilines is 3. The molecule has 0 unspecified atom stereocenters. The fraction of sp³-hybridized carbons (Fsp3) is 0.0400. The van der Waals surface area contributed by atoms with E-state index < -0.39 is 0 Å². The summed E-state index contributed by atoms with van der Waals surface area (Å²) in [5, 5.41) is 10.1. The fourth-order valence-corrected chi connectivity index (χ4v) is 12.9. The summed E-state index contributed by atoms with van der Waals surface area (Å²) in [5.74, 6) is 0. The van der Waals surface area contributed by atoms with Crippen molar-refractivity contribution in [1.82, 2.24) is 4.57 Å². The first kappa shape index (κ1) is 44.7. The molecule has 14 aromatic rings. The Morgan fingerprint density at radius 3 is 1.34 bits per heavy atom. The number of nitrogens with zero attached hydrogens (tertiary/aromatic N) is 2. The Balaban J connectivity index is 0.826. The highest BCUT2D eigenvalue weighted by Crippen LogP contribution is 2.53. The van der Waals surface area contributed by atoms with Crippen LogP contribution in [-0.2, 0) is 5.41 Å². The summed E-state index contributed by atoms with van der Waals surface area (Å²) < 4.78 is 2.43. The minimum atomic E-state index is -0.269. The van der Waals surface area contributed by atoms with Gasteiger partial charge in [0.2, 0.25) is 0 Å². The molecular formula is C75H52N2. The monoisotopic (exact) mass is 980 g/mol. The third-order valence-corrected chi connectivity index (χ3v) is 16.6. The van der Waals surface area contributed by atoms with E-state index in [9.17, 15) is 0 Å².